The van der Waals surface area contributed by atoms with Crippen LogP contribution in [0.2, 0.25) is 0 Å². The van der Waals surface area contributed by atoms with Crippen LogP contribution in [0.4, 0.5) is 48.7 Å². The number of H-pyrrole nitrogens is 2. The first kappa shape index (κ1) is 74.1. The van der Waals surface area contributed by atoms with E-state index in [0.29, 0.717) is 39.8 Å². The molecule has 4 aliphatic heterocycles. The first-order valence-electron chi connectivity index (χ1n) is 28.5. The number of urea groups is 1. The number of carbonyl (C=O) groups excluding carboxylic acids is 3. The Morgan fingerprint density at radius 2 is 1.10 bits per heavy atom. The standard InChI is InChI=1S/C27H28F5N5O3.C14H15F5N2O.C11H14N4O.C6H15N.3ClH/c28-19-5-3-4-18(23(19)29)16-8-9-21(24(38)36(14-16)15-27(30,31)32)34-25(39)35-12-10-17(11-13-35)37-22-7-2-1-6-20(22)33-26(37)40;15-10-3-1-2-9(12(10)16)8-4-5-11(20)13(22)21(6-8)7-14(17,18)19;16-11-14-10-9(2-1-5-13-10)15(11)8-3-6-12-7-4-8;1-4-7(5-2)6-3;;;/h1-7,16-17,21H,8-15H2,(H,33,40)(H,34,39);1-3,8,11H,4-7,20H2;1-2,5,8,12H,3-4,6-7H2,(H,13,14,16);4-6H2,1-3H3;3*1H/t16?,21-;8-,11-;;;;;/m11...../s1. The second-order valence-corrected chi connectivity index (χ2v) is 21.4. The number of imidazole rings is 2. The fraction of sp³-hybridized carbons (Fsp3) is 0.517. The molecule has 0 saturated carbocycles. The van der Waals surface area contributed by atoms with E-state index in [1.54, 1.807) is 16.8 Å². The number of fused-ring (bicyclic) bond motifs is 2. The molecule has 7 heterocycles. The summed E-state index contributed by atoms with van der Waals surface area (Å²) in [6, 6.07) is 15.3. The van der Waals surface area contributed by atoms with E-state index in [4.69, 9.17) is 5.73 Å². The Hall–Kier alpha value is -6.39. The number of hydrogen-bond donors (Lipinski definition) is 5. The van der Waals surface area contributed by atoms with Gasteiger partial charge in [-0.05, 0) is 132 Å². The molecular formula is C58H75Cl3F10N12O5. The predicted molar refractivity (Wildman–Crippen MR) is 321 cm³/mol. The molecule has 6 N–H and O–H groups in total. The second kappa shape index (κ2) is 33.4. The average Bonchev–Trinajstić information content (AvgIpc) is 3.96. The van der Waals surface area contributed by atoms with Gasteiger partial charge < -0.3 is 41.0 Å². The molecule has 0 spiro atoms. The SMILES string of the molecule is CCN(CC)CC.Cl.Cl.Cl.N[C@@H]1CC[C@@H](c2cccc(F)c2F)CN(CC(F)(F)F)C1=O.O=C(N[C@@H]1CCC(c2cccc(F)c2F)CN(CC(F)(F)F)C1=O)N1CCC(n2c(=O)[nH]c3ccccc32)CC1.O=c1[nH]c2ncccc2n1C1CCNCC1. The van der Waals surface area contributed by atoms with Crippen molar-refractivity contribution in [1.82, 2.24) is 54.3 Å². The molecule has 0 radical (unpaired) electrons. The van der Waals surface area contributed by atoms with Crippen molar-refractivity contribution < 1.29 is 58.3 Å². The normalized spacial score (nSPS) is 19.6. The lowest BCUT2D eigenvalue weighted by atomic mass is 9.93. The molecule has 3 aromatic carbocycles. The Labute approximate surface area is 520 Å². The molecule has 30 heteroatoms. The molecule has 4 amide bonds. The van der Waals surface area contributed by atoms with Crippen LogP contribution in [-0.4, -0.2) is 158 Å². The van der Waals surface area contributed by atoms with Crippen molar-refractivity contribution in [3.05, 3.63) is 134 Å². The summed E-state index contributed by atoms with van der Waals surface area (Å²) in [5.74, 6) is -7.81. The van der Waals surface area contributed by atoms with Crippen LogP contribution >= 0.6 is 37.2 Å². The van der Waals surface area contributed by atoms with Crippen molar-refractivity contribution in [2.75, 3.05) is 72.0 Å². The highest BCUT2D eigenvalue weighted by Gasteiger charge is 2.41. The molecule has 10 rings (SSSR count). The zero-order chi connectivity index (χ0) is 61.8. The molecule has 17 nitrogen and oxygen atoms in total. The van der Waals surface area contributed by atoms with Crippen LogP contribution in [0.5, 0.6) is 0 Å². The Balaban J connectivity index is 0.000000289. The van der Waals surface area contributed by atoms with Crippen LogP contribution in [0.1, 0.15) is 107 Å². The molecule has 3 aromatic heterocycles. The molecule has 4 fully saturated rings. The summed E-state index contributed by atoms with van der Waals surface area (Å²) in [6.07, 6.45) is -4.31. The number of nitrogens with one attached hydrogen (secondary N) is 4. The summed E-state index contributed by atoms with van der Waals surface area (Å²) in [5, 5.41) is 5.87. The van der Waals surface area contributed by atoms with Crippen LogP contribution in [0.3, 0.4) is 0 Å². The molecule has 4 atom stereocenters. The number of nitrogens with zero attached hydrogens (tertiary/aromatic N) is 7. The highest BCUT2D eigenvalue weighted by atomic mass is 35.5. The van der Waals surface area contributed by atoms with Crippen LogP contribution in [0.15, 0.2) is 88.6 Å². The number of likely N-dealkylation sites (tertiary alicyclic amines) is 3. The van der Waals surface area contributed by atoms with Gasteiger partial charge >= 0.3 is 29.8 Å². The average molecular weight is 1320 g/mol. The Morgan fingerprint density at radius 3 is 1.64 bits per heavy atom. The number of pyridine rings is 1. The third-order valence-corrected chi connectivity index (χ3v) is 15.9. The van der Waals surface area contributed by atoms with Crippen molar-refractivity contribution in [3.8, 4) is 0 Å². The number of hydrogen-bond acceptors (Lipinski definition) is 9. The zero-order valence-electron chi connectivity index (χ0n) is 48.7. The van der Waals surface area contributed by atoms with Gasteiger partial charge in [0, 0.05) is 56.3 Å². The minimum Gasteiger partial charge on any atom is -0.332 e. The number of rotatable bonds is 10. The lowest BCUT2D eigenvalue weighted by Crippen LogP contribution is -2.54. The molecule has 0 bridgehead atoms. The molecule has 6 aromatic rings. The van der Waals surface area contributed by atoms with Crippen molar-refractivity contribution in [1.29, 1.82) is 0 Å². The third-order valence-electron chi connectivity index (χ3n) is 15.9. The number of nitrogens with two attached hydrogens (primary N) is 1. The Morgan fingerprint density at radius 1 is 0.614 bits per heavy atom. The maximum atomic E-state index is 14.5. The van der Waals surface area contributed by atoms with Gasteiger partial charge in [0.1, 0.15) is 19.1 Å². The summed E-state index contributed by atoms with van der Waals surface area (Å²) < 4.78 is 137. The van der Waals surface area contributed by atoms with Gasteiger partial charge in [-0.1, -0.05) is 57.2 Å². The number of piperidine rings is 2. The van der Waals surface area contributed by atoms with E-state index in [0.717, 1.165) is 49.1 Å². The molecule has 0 aliphatic carbocycles. The van der Waals surface area contributed by atoms with E-state index in [1.165, 1.54) is 48.8 Å². The fourth-order valence-electron chi connectivity index (χ4n) is 11.4. The molecular weight excluding hydrogens is 1240 g/mol. The van der Waals surface area contributed by atoms with Crippen molar-refractivity contribution in [2.24, 2.45) is 5.73 Å². The number of aromatic nitrogens is 5. The maximum absolute atomic E-state index is 14.5. The Bertz CT molecular complexity index is 3320. The van der Waals surface area contributed by atoms with E-state index in [1.807, 2.05) is 34.9 Å². The van der Waals surface area contributed by atoms with Crippen LogP contribution in [-0.2, 0) is 9.59 Å². The minimum atomic E-state index is -4.72. The monoisotopic (exact) mass is 1310 g/mol. The molecule has 88 heavy (non-hydrogen) atoms. The van der Waals surface area contributed by atoms with E-state index < -0.39 is 97.0 Å². The smallest absolute Gasteiger partial charge is 0.332 e. The lowest BCUT2D eigenvalue weighted by Gasteiger charge is -2.34. The largest absolute Gasteiger partial charge is 0.406 e. The van der Waals surface area contributed by atoms with Gasteiger partial charge in [0.15, 0.2) is 28.9 Å². The quantitative estimate of drug-likeness (QED) is 0.0828. The van der Waals surface area contributed by atoms with E-state index in [2.05, 4.69) is 51.3 Å². The first-order chi connectivity index (χ1) is 40.4. The van der Waals surface area contributed by atoms with Crippen LogP contribution in [0, 0.1) is 23.3 Å². The van der Waals surface area contributed by atoms with E-state index in [-0.39, 0.29) is 111 Å². The molecule has 488 valence electrons. The van der Waals surface area contributed by atoms with Crippen LogP contribution in [0.25, 0.3) is 22.2 Å². The summed E-state index contributed by atoms with van der Waals surface area (Å²) in [4.78, 5) is 77.3. The van der Waals surface area contributed by atoms with E-state index >= 15 is 0 Å². The van der Waals surface area contributed by atoms with Gasteiger partial charge in [-0.3, -0.25) is 23.7 Å². The summed E-state index contributed by atoms with van der Waals surface area (Å²) in [7, 11) is 0. The molecule has 4 aliphatic rings. The van der Waals surface area contributed by atoms with Gasteiger partial charge in [-0.25, -0.2) is 36.9 Å². The summed E-state index contributed by atoms with van der Waals surface area (Å²) in [5.41, 5.74) is 8.21. The zero-order valence-corrected chi connectivity index (χ0v) is 51.1. The number of halogens is 13. The highest BCUT2D eigenvalue weighted by Crippen LogP contribution is 2.34. The van der Waals surface area contributed by atoms with Crippen molar-refractivity contribution in [2.45, 2.75) is 120 Å². The van der Waals surface area contributed by atoms with Gasteiger partial charge in [-0.2, -0.15) is 26.3 Å². The second-order valence-electron chi connectivity index (χ2n) is 21.4. The highest BCUT2D eigenvalue weighted by molar-refractivity contribution is 5.88. The van der Waals surface area contributed by atoms with Crippen molar-refractivity contribution in [3.63, 3.8) is 0 Å². The summed E-state index contributed by atoms with van der Waals surface area (Å²) in [6.45, 7) is 8.79. The van der Waals surface area contributed by atoms with Gasteiger partial charge in [0.05, 0.1) is 22.6 Å². The molecule has 1 unspecified atom stereocenters. The number of alkyl halides is 6. The van der Waals surface area contributed by atoms with Crippen LogP contribution < -0.4 is 27.7 Å². The number of amides is 4. The molecule has 4 saturated heterocycles. The predicted octanol–water partition coefficient (Wildman–Crippen LogP) is 10.1. The maximum Gasteiger partial charge on any atom is 0.406 e. The Kier molecular flexibility index (Phi) is 28.1. The van der Waals surface area contributed by atoms with Gasteiger partial charge in [0.2, 0.25) is 11.8 Å². The number of benzene rings is 3. The number of aromatic amines is 2. The van der Waals surface area contributed by atoms with Gasteiger partial charge in [-0.15, -0.1) is 37.2 Å². The van der Waals surface area contributed by atoms with Crippen molar-refractivity contribution >= 4 is 77.3 Å². The minimum absolute atomic E-state index is 0. The van der Waals surface area contributed by atoms with E-state index in [9.17, 15) is 67.9 Å². The van der Waals surface area contributed by atoms with Gasteiger partial charge in [0.25, 0.3) is 0 Å². The summed E-state index contributed by atoms with van der Waals surface area (Å²) >= 11 is 0. The third kappa shape index (κ3) is 19.3. The number of carbonyl (C=O) groups is 3. The fourth-order valence-corrected chi connectivity index (χ4v) is 11.4. The number of para-hydroxylation sites is 2. The topological polar surface area (TPSA) is 203 Å². The first-order valence-corrected chi connectivity index (χ1v) is 28.5. The lowest BCUT2D eigenvalue weighted by molar-refractivity contribution is -0.162.